The standard InChI is InChI=1S/C13H15NO2S/c1-10(15)16-12-7-4-11(5-8-12)6-9-13(17)14(2)3/h4-9H,1-3H3/b9-6+. The molecule has 0 unspecified atom stereocenters. The van der Waals surface area contributed by atoms with Crippen LogP contribution in [0.5, 0.6) is 5.75 Å². The van der Waals surface area contributed by atoms with Crippen molar-refractivity contribution in [3.8, 4) is 5.75 Å². The molecule has 0 saturated carbocycles. The van der Waals surface area contributed by atoms with Crippen molar-refractivity contribution in [1.82, 2.24) is 4.90 Å². The molecule has 0 aliphatic rings. The van der Waals surface area contributed by atoms with Gasteiger partial charge < -0.3 is 9.64 Å². The van der Waals surface area contributed by atoms with E-state index in [1.807, 2.05) is 43.3 Å². The SMILES string of the molecule is CC(=O)Oc1ccc(/C=C/C(=S)N(C)C)cc1. The van der Waals surface area contributed by atoms with E-state index in [0.717, 1.165) is 10.6 Å². The summed E-state index contributed by atoms with van der Waals surface area (Å²) >= 11 is 5.13. The maximum Gasteiger partial charge on any atom is 0.308 e. The molecule has 0 radical (unpaired) electrons. The van der Waals surface area contributed by atoms with E-state index in [0.29, 0.717) is 5.75 Å². The summed E-state index contributed by atoms with van der Waals surface area (Å²) in [5.41, 5.74) is 1.00. The van der Waals surface area contributed by atoms with Crippen LogP contribution in [-0.2, 0) is 4.79 Å². The minimum atomic E-state index is -0.318. The number of likely N-dealkylation sites (N-methyl/N-ethyl adjacent to an activating group) is 1. The zero-order chi connectivity index (χ0) is 12.8. The predicted octanol–water partition coefficient (Wildman–Crippen LogP) is 2.51. The third-order valence-electron chi connectivity index (χ3n) is 2.00. The highest BCUT2D eigenvalue weighted by atomic mass is 32.1. The minimum absolute atomic E-state index is 0.318. The Balaban J connectivity index is 2.68. The molecular weight excluding hydrogens is 234 g/mol. The second-order valence-corrected chi connectivity index (χ2v) is 4.15. The van der Waals surface area contributed by atoms with Gasteiger partial charge in [-0.25, -0.2) is 0 Å². The number of rotatable bonds is 3. The van der Waals surface area contributed by atoms with Crippen molar-refractivity contribution in [2.24, 2.45) is 0 Å². The number of ether oxygens (including phenoxy) is 1. The molecule has 1 rings (SSSR count). The second-order valence-electron chi connectivity index (χ2n) is 3.73. The molecule has 3 nitrogen and oxygen atoms in total. The summed E-state index contributed by atoms with van der Waals surface area (Å²) in [6.07, 6.45) is 3.77. The molecule has 1 aromatic rings. The lowest BCUT2D eigenvalue weighted by molar-refractivity contribution is -0.131. The monoisotopic (exact) mass is 249 g/mol. The predicted molar refractivity (Wildman–Crippen MR) is 73.1 cm³/mol. The van der Waals surface area contributed by atoms with Gasteiger partial charge in [-0.3, -0.25) is 4.79 Å². The maximum atomic E-state index is 10.7. The van der Waals surface area contributed by atoms with Crippen molar-refractivity contribution in [2.75, 3.05) is 14.1 Å². The Morgan fingerprint density at radius 3 is 2.35 bits per heavy atom. The van der Waals surface area contributed by atoms with Crippen molar-refractivity contribution in [1.29, 1.82) is 0 Å². The summed E-state index contributed by atoms with van der Waals surface area (Å²) < 4.78 is 4.94. The van der Waals surface area contributed by atoms with Gasteiger partial charge in [-0.15, -0.1) is 0 Å². The summed E-state index contributed by atoms with van der Waals surface area (Å²) in [4.78, 5) is 13.3. The van der Waals surface area contributed by atoms with E-state index in [1.54, 1.807) is 12.1 Å². The van der Waals surface area contributed by atoms with Gasteiger partial charge in [0.05, 0.1) is 0 Å². The van der Waals surface area contributed by atoms with Crippen LogP contribution < -0.4 is 4.74 Å². The molecule has 0 saturated heterocycles. The lowest BCUT2D eigenvalue weighted by atomic mass is 10.2. The van der Waals surface area contributed by atoms with Gasteiger partial charge in [0.2, 0.25) is 0 Å². The van der Waals surface area contributed by atoms with Crippen LogP contribution in [-0.4, -0.2) is 30.0 Å². The molecule has 0 spiro atoms. The first kappa shape index (κ1) is 13.4. The van der Waals surface area contributed by atoms with Gasteiger partial charge >= 0.3 is 5.97 Å². The highest BCUT2D eigenvalue weighted by Crippen LogP contribution is 2.13. The Morgan fingerprint density at radius 1 is 1.29 bits per heavy atom. The largest absolute Gasteiger partial charge is 0.427 e. The van der Waals surface area contributed by atoms with Gasteiger partial charge in [-0.05, 0) is 23.8 Å². The fraction of sp³-hybridized carbons (Fsp3) is 0.231. The van der Waals surface area contributed by atoms with Crippen LogP contribution in [0.4, 0.5) is 0 Å². The third kappa shape index (κ3) is 4.78. The van der Waals surface area contributed by atoms with E-state index < -0.39 is 0 Å². The fourth-order valence-electron chi connectivity index (χ4n) is 1.13. The second kappa shape index (κ2) is 6.15. The molecular formula is C13H15NO2S. The van der Waals surface area contributed by atoms with Crippen LogP contribution in [0.15, 0.2) is 30.3 Å². The molecule has 0 bridgehead atoms. The first-order valence-corrected chi connectivity index (χ1v) is 5.57. The quantitative estimate of drug-likeness (QED) is 0.356. The van der Waals surface area contributed by atoms with E-state index in [1.165, 1.54) is 6.92 Å². The van der Waals surface area contributed by atoms with Gasteiger partial charge in [0.15, 0.2) is 0 Å². The van der Waals surface area contributed by atoms with Gasteiger partial charge in [-0.1, -0.05) is 30.4 Å². The molecule has 0 heterocycles. The average molecular weight is 249 g/mol. The highest BCUT2D eigenvalue weighted by Gasteiger charge is 1.97. The Hall–Kier alpha value is -1.68. The number of nitrogens with zero attached hydrogens (tertiary/aromatic N) is 1. The molecule has 1 aromatic carbocycles. The first-order valence-electron chi connectivity index (χ1n) is 5.17. The van der Waals surface area contributed by atoms with Crippen LogP contribution >= 0.6 is 12.2 Å². The molecule has 90 valence electrons. The molecule has 0 amide bonds. The van der Waals surface area contributed by atoms with Gasteiger partial charge in [0.1, 0.15) is 10.7 Å². The van der Waals surface area contributed by atoms with E-state index in [2.05, 4.69) is 0 Å². The van der Waals surface area contributed by atoms with Gasteiger partial charge in [-0.2, -0.15) is 0 Å². The molecule has 0 atom stereocenters. The Labute approximate surface area is 107 Å². The molecule has 0 aliphatic carbocycles. The number of thiocarbonyl (C=S) groups is 1. The summed E-state index contributed by atoms with van der Waals surface area (Å²) in [6.45, 7) is 1.38. The Bertz CT molecular complexity index is 435. The fourth-order valence-corrected chi connectivity index (χ4v) is 1.20. The van der Waals surface area contributed by atoms with Crippen molar-refractivity contribution in [3.05, 3.63) is 35.9 Å². The summed E-state index contributed by atoms with van der Waals surface area (Å²) in [5.74, 6) is 0.229. The number of benzene rings is 1. The summed E-state index contributed by atoms with van der Waals surface area (Å²) in [5, 5.41) is 0. The maximum absolute atomic E-state index is 10.7. The average Bonchev–Trinajstić information content (AvgIpc) is 2.26. The van der Waals surface area contributed by atoms with Crippen molar-refractivity contribution in [3.63, 3.8) is 0 Å². The smallest absolute Gasteiger partial charge is 0.308 e. The number of carbonyl (C=O) groups is 1. The van der Waals surface area contributed by atoms with Gasteiger partial charge in [0.25, 0.3) is 0 Å². The van der Waals surface area contributed by atoms with E-state index >= 15 is 0 Å². The zero-order valence-electron chi connectivity index (χ0n) is 10.1. The minimum Gasteiger partial charge on any atom is -0.427 e. The topological polar surface area (TPSA) is 29.5 Å². The highest BCUT2D eigenvalue weighted by molar-refractivity contribution is 7.80. The first-order chi connectivity index (χ1) is 7.99. The molecule has 4 heteroatoms. The molecule has 17 heavy (non-hydrogen) atoms. The van der Waals surface area contributed by atoms with E-state index in [9.17, 15) is 4.79 Å². The van der Waals surface area contributed by atoms with E-state index in [-0.39, 0.29) is 5.97 Å². The number of hydrogen-bond donors (Lipinski definition) is 0. The van der Waals surface area contributed by atoms with Crippen molar-refractivity contribution < 1.29 is 9.53 Å². The van der Waals surface area contributed by atoms with Crippen molar-refractivity contribution in [2.45, 2.75) is 6.92 Å². The van der Waals surface area contributed by atoms with E-state index in [4.69, 9.17) is 17.0 Å². The Kier molecular flexibility index (Phi) is 4.84. The molecule has 0 aliphatic heterocycles. The van der Waals surface area contributed by atoms with Crippen LogP contribution in [0.2, 0.25) is 0 Å². The third-order valence-corrected chi connectivity index (χ3v) is 2.50. The lowest BCUT2D eigenvalue weighted by Crippen LogP contribution is -2.16. The normalized spacial score (nSPS) is 10.3. The van der Waals surface area contributed by atoms with Crippen LogP contribution in [0.1, 0.15) is 12.5 Å². The zero-order valence-corrected chi connectivity index (χ0v) is 11.0. The molecule has 0 aromatic heterocycles. The van der Waals surface area contributed by atoms with Gasteiger partial charge in [0, 0.05) is 21.0 Å². The molecule has 0 fully saturated rings. The van der Waals surface area contributed by atoms with Crippen LogP contribution in [0.25, 0.3) is 6.08 Å². The van der Waals surface area contributed by atoms with Crippen molar-refractivity contribution >= 4 is 29.3 Å². The Morgan fingerprint density at radius 2 is 1.88 bits per heavy atom. The number of hydrogen-bond acceptors (Lipinski definition) is 3. The van der Waals surface area contributed by atoms with Crippen LogP contribution in [0.3, 0.4) is 0 Å². The summed E-state index contributed by atoms with van der Waals surface area (Å²) in [7, 11) is 3.80. The lowest BCUT2D eigenvalue weighted by Gasteiger charge is -2.08. The number of esters is 1. The van der Waals surface area contributed by atoms with Crippen LogP contribution in [0, 0.1) is 0 Å². The molecule has 0 N–H and O–H groups in total. The number of carbonyl (C=O) groups excluding carboxylic acids is 1. The summed E-state index contributed by atoms with van der Waals surface area (Å²) in [6, 6.07) is 7.24.